The molecule has 0 radical (unpaired) electrons. The highest BCUT2D eigenvalue weighted by molar-refractivity contribution is 5.73. The van der Waals surface area contributed by atoms with E-state index in [2.05, 4.69) is 19.2 Å². The third-order valence-electron chi connectivity index (χ3n) is 4.29. The van der Waals surface area contributed by atoms with Crippen LogP contribution < -0.4 is 5.32 Å². The van der Waals surface area contributed by atoms with Gasteiger partial charge in [-0.1, -0.05) is 39.5 Å². The van der Waals surface area contributed by atoms with Crippen molar-refractivity contribution in [2.75, 3.05) is 33.7 Å². The van der Waals surface area contributed by atoms with Gasteiger partial charge in [0.15, 0.2) is 0 Å². The van der Waals surface area contributed by atoms with Crippen LogP contribution in [0.25, 0.3) is 0 Å². The summed E-state index contributed by atoms with van der Waals surface area (Å²) < 4.78 is 0. The van der Waals surface area contributed by atoms with Crippen LogP contribution in [-0.4, -0.2) is 55.6 Å². The fourth-order valence-electron chi connectivity index (χ4n) is 2.90. The summed E-state index contributed by atoms with van der Waals surface area (Å²) in [6, 6.07) is 0.755. The Balaban J connectivity index is 2.00. The number of likely N-dealkylation sites (tertiary alicyclic amines) is 1. The first-order valence-electron chi connectivity index (χ1n) is 8.70. The van der Waals surface area contributed by atoms with Gasteiger partial charge in [-0.15, -0.1) is 0 Å². The maximum absolute atomic E-state index is 11.8. The monoisotopic (exact) mass is 297 g/mol. The van der Waals surface area contributed by atoms with E-state index < -0.39 is 0 Å². The van der Waals surface area contributed by atoms with Crippen LogP contribution in [0, 0.1) is 5.92 Å². The van der Waals surface area contributed by atoms with E-state index in [0.717, 1.165) is 38.4 Å². The van der Waals surface area contributed by atoms with Gasteiger partial charge >= 0.3 is 6.03 Å². The second kappa shape index (κ2) is 10.0. The van der Waals surface area contributed by atoms with E-state index in [4.69, 9.17) is 0 Å². The summed E-state index contributed by atoms with van der Waals surface area (Å²) in [4.78, 5) is 15.5. The lowest BCUT2D eigenvalue weighted by atomic mass is 10.0. The fraction of sp³-hybridized carbons (Fsp3) is 0.941. The average Bonchev–Trinajstić information content (AvgIpc) is 2.45. The predicted molar refractivity (Wildman–Crippen MR) is 89.6 cm³/mol. The number of hydrogen-bond donors (Lipinski definition) is 1. The Kier molecular flexibility index (Phi) is 8.74. The van der Waals surface area contributed by atoms with Crippen LogP contribution in [0.15, 0.2) is 0 Å². The number of piperidine rings is 1. The largest absolute Gasteiger partial charge is 0.331 e. The van der Waals surface area contributed by atoms with Crippen molar-refractivity contribution in [3.8, 4) is 0 Å². The summed E-state index contributed by atoms with van der Waals surface area (Å²) >= 11 is 0. The van der Waals surface area contributed by atoms with Gasteiger partial charge in [-0.05, 0) is 31.7 Å². The summed E-state index contributed by atoms with van der Waals surface area (Å²) in [5, 5.41) is 3.66. The molecule has 0 aromatic carbocycles. The predicted octanol–water partition coefficient (Wildman–Crippen LogP) is 3.33. The lowest BCUT2D eigenvalue weighted by molar-refractivity contribution is 0.152. The van der Waals surface area contributed by atoms with E-state index in [0.29, 0.717) is 6.04 Å². The third-order valence-corrected chi connectivity index (χ3v) is 4.29. The van der Waals surface area contributed by atoms with Crippen LogP contribution in [0.4, 0.5) is 4.79 Å². The Bertz CT molecular complexity index is 284. The molecule has 0 bridgehead atoms. The highest BCUT2D eigenvalue weighted by Gasteiger charge is 2.22. The molecule has 0 atom stereocenters. The summed E-state index contributed by atoms with van der Waals surface area (Å²) in [5.41, 5.74) is 0. The van der Waals surface area contributed by atoms with Gasteiger partial charge in [0, 0.05) is 33.2 Å². The second-order valence-corrected chi connectivity index (χ2v) is 6.99. The first-order valence-corrected chi connectivity index (χ1v) is 8.70. The van der Waals surface area contributed by atoms with E-state index in [1.165, 1.54) is 32.1 Å². The number of urea groups is 1. The maximum Gasteiger partial charge on any atom is 0.319 e. The minimum atomic E-state index is 0.151. The molecular formula is C17H35N3O. The molecule has 0 aliphatic carbocycles. The molecule has 21 heavy (non-hydrogen) atoms. The number of nitrogens with one attached hydrogen (secondary N) is 1. The molecule has 2 amide bonds. The molecule has 0 saturated carbocycles. The molecule has 1 saturated heterocycles. The molecule has 0 aromatic rings. The Hall–Kier alpha value is -0.770. The molecule has 4 heteroatoms. The molecule has 1 aliphatic rings. The van der Waals surface area contributed by atoms with E-state index in [-0.39, 0.29) is 6.03 Å². The molecule has 1 aliphatic heterocycles. The molecule has 1 heterocycles. The van der Waals surface area contributed by atoms with Gasteiger partial charge in [-0.2, -0.15) is 0 Å². The van der Waals surface area contributed by atoms with Crippen molar-refractivity contribution in [3.63, 3.8) is 0 Å². The second-order valence-electron chi connectivity index (χ2n) is 6.99. The van der Waals surface area contributed by atoms with Crippen LogP contribution in [0.1, 0.15) is 58.8 Å². The van der Waals surface area contributed by atoms with Crippen LogP contribution in [-0.2, 0) is 0 Å². The lowest BCUT2D eigenvalue weighted by Gasteiger charge is -2.34. The van der Waals surface area contributed by atoms with E-state index >= 15 is 0 Å². The van der Waals surface area contributed by atoms with Crippen molar-refractivity contribution in [1.29, 1.82) is 0 Å². The van der Waals surface area contributed by atoms with Crippen molar-refractivity contribution in [3.05, 3.63) is 0 Å². The van der Waals surface area contributed by atoms with E-state index in [1.807, 2.05) is 19.0 Å². The minimum Gasteiger partial charge on any atom is -0.331 e. The number of hydrogen-bond acceptors (Lipinski definition) is 2. The first kappa shape index (κ1) is 18.3. The smallest absolute Gasteiger partial charge is 0.319 e. The van der Waals surface area contributed by atoms with E-state index in [9.17, 15) is 4.79 Å². The Morgan fingerprint density at radius 3 is 2.33 bits per heavy atom. The zero-order valence-corrected chi connectivity index (χ0v) is 14.5. The van der Waals surface area contributed by atoms with Crippen molar-refractivity contribution >= 4 is 6.03 Å². The van der Waals surface area contributed by atoms with Gasteiger partial charge in [-0.3, -0.25) is 0 Å². The maximum atomic E-state index is 11.8. The zero-order valence-electron chi connectivity index (χ0n) is 14.5. The summed E-state index contributed by atoms with van der Waals surface area (Å²) in [6.07, 6.45) is 8.93. The van der Waals surface area contributed by atoms with Crippen LogP contribution >= 0.6 is 0 Å². The Morgan fingerprint density at radius 2 is 1.76 bits per heavy atom. The molecule has 124 valence electrons. The normalized spacial score (nSPS) is 16.5. The SMILES string of the molecule is CC(C)CCCCCCNC1CCN(C(=O)N(C)C)CC1. The summed E-state index contributed by atoms with van der Waals surface area (Å²) in [6.45, 7) is 7.52. The van der Waals surface area contributed by atoms with Gasteiger partial charge in [0.05, 0.1) is 0 Å². The Labute approximate surface area is 131 Å². The average molecular weight is 297 g/mol. The summed E-state index contributed by atoms with van der Waals surface area (Å²) in [7, 11) is 3.65. The van der Waals surface area contributed by atoms with Gasteiger partial charge in [-0.25, -0.2) is 4.79 Å². The van der Waals surface area contributed by atoms with Gasteiger partial charge in [0.1, 0.15) is 0 Å². The number of rotatable bonds is 8. The molecule has 0 spiro atoms. The summed E-state index contributed by atoms with van der Waals surface area (Å²) in [5.74, 6) is 0.846. The van der Waals surface area contributed by atoms with Crippen LogP contribution in [0.5, 0.6) is 0 Å². The molecular weight excluding hydrogens is 262 g/mol. The Morgan fingerprint density at radius 1 is 1.14 bits per heavy atom. The number of unbranched alkanes of at least 4 members (excludes halogenated alkanes) is 3. The van der Waals surface area contributed by atoms with Gasteiger partial charge in [0.25, 0.3) is 0 Å². The van der Waals surface area contributed by atoms with Gasteiger partial charge in [0.2, 0.25) is 0 Å². The van der Waals surface area contributed by atoms with Crippen molar-refractivity contribution in [1.82, 2.24) is 15.1 Å². The molecule has 4 nitrogen and oxygen atoms in total. The quantitative estimate of drug-likeness (QED) is 0.698. The van der Waals surface area contributed by atoms with Crippen molar-refractivity contribution in [2.45, 2.75) is 64.8 Å². The van der Waals surface area contributed by atoms with Crippen LogP contribution in [0.3, 0.4) is 0 Å². The molecule has 1 rings (SSSR count). The standard InChI is InChI=1S/C17H35N3O/c1-15(2)9-7-5-6-8-12-18-16-10-13-20(14-11-16)17(21)19(3)4/h15-16,18H,5-14H2,1-4H3. The van der Waals surface area contributed by atoms with E-state index in [1.54, 1.807) is 4.90 Å². The number of nitrogens with zero attached hydrogens (tertiary/aromatic N) is 2. The number of carbonyl (C=O) groups is 1. The third kappa shape index (κ3) is 7.70. The lowest BCUT2D eigenvalue weighted by Crippen LogP contribution is -2.48. The molecule has 1 N–H and O–H groups in total. The van der Waals surface area contributed by atoms with Crippen molar-refractivity contribution in [2.24, 2.45) is 5.92 Å². The molecule has 0 aromatic heterocycles. The highest BCUT2D eigenvalue weighted by atomic mass is 16.2. The first-order chi connectivity index (χ1) is 10.0. The minimum absolute atomic E-state index is 0.151. The molecule has 1 fully saturated rings. The van der Waals surface area contributed by atoms with Gasteiger partial charge < -0.3 is 15.1 Å². The van der Waals surface area contributed by atoms with Crippen LogP contribution in [0.2, 0.25) is 0 Å². The number of amides is 2. The zero-order chi connectivity index (χ0) is 15.7. The highest BCUT2D eigenvalue weighted by Crippen LogP contribution is 2.12. The molecule has 0 unspecified atom stereocenters. The fourth-order valence-corrected chi connectivity index (χ4v) is 2.90. The topological polar surface area (TPSA) is 35.6 Å². The number of carbonyl (C=O) groups excluding carboxylic acids is 1. The van der Waals surface area contributed by atoms with Crippen molar-refractivity contribution < 1.29 is 4.79 Å².